The van der Waals surface area contributed by atoms with Crippen molar-refractivity contribution in [1.82, 2.24) is 0 Å². The van der Waals surface area contributed by atoms with E-state index < -0.39 is 10.0 Å². The first-order valence-electron chi connectivity index (χ1n) is 9.42. The number of nitrogens with one attached hydrogen (secondary N) is 2. The number of amides is 1. The maximum Gasteiger partial charge on any atom is 0.262 e. The van der Waals surface area contributed by atoms with Crippen LogP contribution in [0.4, 0.5) is 11.4 Å². The SMILES string of the molecule is COc1ccc(NS(=O)(=O)c2cc(NC(=O)CCC(=O)c3cccs3)ccc2C)cc1. The Morgan fingerprint density at radius 1 is 1.00 bits per heavy atom. The highest BCUT2D eigenvalue weighted by atomic mass is 32.2. The van der Waals surface area contributed by atoms with Gasteiger partial charge in [-0.25, -0.2) is 8.42 Å². The summed E-state index contributed by atoms with van der Waals surface area (Å²) in [4.78, 5) is 25.0. The summed E-state index contributed by atoms with van der Waals surface area (Å²) >= 11 is 1.33. The Labute approximate surface area is 185 Å². The van der Waals surface area contributed by atoms with E-state index in [1.807, 2.05) is 5.38 Å². The highest BCUT2D eigenvalue weighted by Crippen LogP contribution is 2.24. The number of anilines is 2. The van der Waals surface area contributed by atoms with Crippen LogP contribution in [0.1, 0.15) is 28.1 Å². The highest BCUT2D eigenvalue weighted by Gasteiger charge is 2.19. The van der Waals surface area contributed by atoms with E-state index in [4.69, 9.17) is 4.74 Å². The summed E-state index contributed by atoms with van der Waals surface area (Å²) in [7, 11) is -2.34. The Morgan fingerprint density at radius 2 is 1.71 bits per heavy atom. The normalized spacial score (nSPS) is 11.0. The minimum absolute atomic E-state index is 0.0107. The average molecular weight is 459 g/mol. The topological polar surface area (TPSA) is 102 Å². The maximum atomic E-state index is 12.9. The minimum Gasteiger partial charge on any atom is -0.497 e. The zero-order valence-corrected chi connectivity index (χ0v) is 18.7. The maximum absolute atomic E-state index is 12.9. The lowest BCUT2D eigenvalue weighted by atomic mass is 10.2. The van der Waals surface area contributed by atoms with E-state index in [0.717, 1.165) is 0 Å². The second kappa shape index (κ2) is 9.76. The van der Waals surface area contributed by atoms with Gasteiger partial charge in [0.2, 0.25) is 5.91 Å². The monoisotopic (exact) mass is 458 g/mol. The predicted molar refractivity (Wildman–Crippen MR) is 121 cm³/mol. The molecule has 0 unspecified atom stereocenters. The van der Waals surface area contributed by atoms with Gasteiger partial charge in [0.15, 0.2) is 5.78 Å². The van der Waals surface area contributed by atoms with E-state index in [1.54, 1.807) is 55.5 Å². The molecule has 0 spiro atoms. The van der Waals surface area contributed by atoms with Crippen LogP contribution in [0, 0.1) is 6.92 Å². The molecule has 31 heavy (non-hydrogen) atoms. The molecule has 0 bridgehead atoms. The van der Waals surface area contributed by atoms with E-state index >= 15 is 0 Å². The third kappa shape index (κ3) is 5.93. The molecule has 1 amide bonds. The van der Waals surface area contributed by atoms with Crippen LogP contribution in [0.15, 0.2) is 64.9 Å². The van der Waals surface area contributed by atoms with Crippen LogP contribution in [0.3, 0.4) is 0 Å². The van der Waals surface area contributed by atoms with Crippen molar-refractivity contribution in [1.29, 1.82) is 0 Å². The number of aryl methyl sites for hydroxylation is 1. The van der Waals surface area contributed by atoms with Crippen LogP contribution in [0.25, 0.3) is 0 Å². The number of hydrogen-bond donors (Lipinski definition) is 2. The summed E-state index contributed by atoms with van der Waals surface area (Å²) in [6.07, 6.45) is 0.0964. The van der Waals surface area contributed by atoms with Gasteiger partial charge in [-0.2, -0.15) is 0 Å². The van der Waals surface area contributed by atoms with Gasteiger partial charge in [0.05, 0.1) is 16.9 Å². The molecule has 3 rings (SSSR count). The van der Waals surface area contributed by atoms with Gasteiger partial charge in [-0.05, 0) is 60.3 Å². The van der Waals surface area contributed by atoms with E-state index in [9.17, 15) is 18.0 Å². The van der Waals surface area contributed by atoms with Gasteiger partial charge in [0.25, 0.3) is 10.0 Å². The van der Waals surface area contributed by atoms with E-state index in [-0.39, 0.29) is 29.4 Å². The first-order chi connectivity index (χ1) is 14.8. The van der Waals surface area contributed by atoms with Crippen LogP contribution in [0.2, 0.25) is 0 Å². The van der Waals surface area contributed by atoms with Crippen molar-refractivity contribution in [3.8, 4) is 5.75 Å². The fourth-order valence-corrected chi connectivity index (χ4v) is 4.87. The minimum atomic E-state index is -3.87. The zero-order chi connectivity index (χ0) is 22.4. The summed E-state index contributed by atoms with van der Waals surface area (Å²) in [5.41, 5.74) is 1.27. The number of thiophene rings is 1. The van der Waals surface area contributed by atoms with Crippen molar-refractivity contribution in [2.24, 2.45) is 0 Å². The van der Waals surface area contributed by atoms with E-state index in [2.05, 4.69) is 10.0 Å². The molecular formula is C22H22N2O5S2. The molecule has 0 radical (unpaired) electrons. The van der Waals surface area contributed by atoms with Crippen LogP contribution in [-0.4, -0.2) is 27.2 Å². The first-order valence-corrected chi connectivity index (χ1v) is 11.8. The number of sulfonamides is 1. The number of ether oxygens (including phenoxy) is 1. The van der Waals surface area contributed by atoms with Crippen molar-refractivity contribution in [2.45, 2.75) is 24.7 Å². The van der Waals surface area contributed by atoms with Gasteiger partial charge < -0.3 is 10.1 Å². The number of ketones is 1. The number of benzene rings is 2. The number of carbonyl (C=O) groups excluding carboxylic acids is 2. The second-order valence-corrected chi connectivity index (χ2v) is 9.36. The Bertz CT molecular complexity index is 1170. The van der Waals surface area contributed by atoms with Crippen molar-refractivity contribution in [3.63, 3.8) is 0 Å². The lowest BCUT2D eigenvalue weighted by Crippen LogP contribution is -2.16. The number of rotatable bonds is 9. The Hall–Kier alpha value is -3.17. The summed E-state index contributed by atoms with van der Waals surface area (Å²) in [5, 5.41) is 4.47. The lowest BCUT2D eigenvalue weighted by Gasteiger charge is -2.13. The molecule has 0 fully saturated rings. The van der Waals surface area contributed by atoms with Gasteiger partial charge in [-0.15, -0.1) is 11.3 Å². The van der Waals surface area contributed by atoms with Crippen LogP contribution >= 0.6 is 11.3 Å². The molecule has 162 valence electrons. The van der Waals surface area contributed by atoms with Gasteiger partial charge in [-0.1, -0.05) is 12.1 Å². The summed E-state index contributed by atoms with van der Waals surface area (Å²) in [5.74, 6) is 0.155. The molecule has 0 aliphatic heterocycles. The first kappa shape index (κ1) is 22.5. The Morgan fingerprint density at radius 3 is 2.35 bits per heavy atom. The molecule has 2 aromatic carbocycles. The summed E-state index contributed by atoms with van der Waals surface area (Å²) < 4.78 is 33.3. The molecule has 7 nitrogen and oxygen atoms in total. The molecule has 0 saturated heterocycles. The molecule has 3 aromatic rings. The number of carbonyl (C=O) groups is 2. The van der Waals surface area contributed by atoms with Gasteiger partial charge in [0, 0.05) is 24.2 Å². The number of methoxy groups -OCH3 is 1. The van der Waals surface area contributed by atoms with Gasteiger partial charge >= 0.3 is 0 Å². The Kier molecular flexibility index (Phi) is 7.09. The molecule has 1 heterocycles. The van der Waals surface area contributed by atoms with Gasteiger partial charge in [-0.3, -0.25) is 14.3 Å². The molecular weight excluding hydrogens is 436 g/mol. The number of hydrogen-bond acceptors (Lipinski definition) is 6. The van der Waals surface area contributed by atoms with Crippen molar-refractivity contribution < 1.29 is 22.7 Å². The van der Waals surface area contributed by atoms with Crippen LogP contribution in [-0.2, 0) is 14.8 Å². The fraction of sp³-hybridized carbons (Fsp3) is 0.182. The fourth-order valence-electron chi connectivity index (χ4n) is 2.85. The average Bonchev–Trinajstić information content (AvgIpc) is 3.28. The lowest BCUT2D eigenvalue weighted by molar-refractivity contribution is -0.116. The number of Topliss-reactive ketones (excluding diaryl/α,β-unsaturated/α-hetero) is 1. The van der Waals surface area contributed by atoms with E-state index in [0.29, 0.717) is 27.6 Å². The molecule has 9 heteroatoms. The molecule has 0 aliphatic carbocycles. The molecule has 1 aromatic heterocycles. The van der Waals surface area contributed by atoms with Crippen LogP contribution < -0.4 is 14.8 Å². The highest BCUT2D eigenvalue weighted by molar-refractivity contribution is 7.92. The van der Waals surface area contributed by atoms with Crippen molar-refractivity contribution in [3.05, 3.63) is 70.4 Å². The summed E-state index contributed by atoms with van der Waals surface area (Å²) in [6.45, 7) is 1.67. The van der Waals surface area contributed by atoms with Crippen molar-refractivity contribution >= 4 is 44.4 Å². The second-order valence-electron chi connectivity index (χ2n) is 6.76. The Balaban J connectivity index is 1.68. The van der Waals surface area contributed by atoms with Crippen molar-refractivity contribution in [2.75, 3.05) is 17.1 Å². The largest absolute Gasteiger partial charge is 0.497 e. The predicted octanol–water partition coefficient (Wildman–Crippen LogP) is 4.47. The van der Waals surface area contributed by atoms with Crippen LogP contribution in [0.5, 0.6) is 5.75 Å². The molecule has 0 atom stereocenters. The standard InChI is InChI=1S/C22H22N2O5S2/c1-15-5-6-17(23-22(26)12-11-19(25)20-4-3-13-30-20)14-21(15)31(27,28)24-16-7-9-18(29-2)10-8-16/h3-10,13-14,24H,11-12H2,1-2H3,(H,23,26). The quantitative estimate of drug-likeness (QED) is 0.461. The molecule has 0 aliphatic rings. The third-order valence-electron chi connectivity index (χ3n) is 4.48. The smallest absolute Gasteiger partial charge is 0.262 e. The molecule has 2 N–H and O–H groups in total. The van der Waals surface area contributed by atoms with E-state index in [1.165, 1.54) is 24.5 Å². The third-order valence-corrected chi connectivity index (χ3v) is 6.91. The zero-order valence-electron chi connectivity index (χ0n) is 17.0. The van der Waals surface area contributed by atoms with Gasteiger partial charge in [0.1, 0.15) is 5.75 Å². The molecule has 0 saturated carbocycles. The summed E-state index contributed by atoms with van der Waals surface area (Å²) in [6, 6.07) is 14.7.